The number of allylic oxidation sites excluding steroid dienone is 3. The van der Waals surface area contributed by atoms with Crippen LogP contribution in [-0.4, -0.2) is 47.7 Å². The van der Waals surface area contributed by atoms with E-state index in [4.69, 9.17) is 11.6 Å². The van der Waals surface area contributed by atoms with Crippen LogP contribution in [0.4, 0.5) is 0 Å². The van der Waals surface area contributed by atoms with Crippen LogP contribution in [0.5, 0.6) is 0 Å². The van der Waals surface area contributed by atoms with E-state index in [-0.39, 0.29) is 0 Å². The maximum Gasteiger partial charge on any atom is 0.139 e. The number of nitrogens with zero attached hydrogens (tertiary/aromatic N) is 3. The van der Waals surface area contributed by atoms with Crippen molar-refractivity contribution in [1.29, 1.82) is 0 Å². The molecule has 5 nitrogen and oxygen atoms in total. The Kier molecular flexibility index (Phi) is 9.86. The minimum Gasteiger partial charge on any atom is -0.370 e. The number of likely N-dealkylation sites (N-methyl/N-ethyl adjacent to an activating group) is 1. The van der Waals surface area contributed by atoms with Gasteiger partial charge < -0.3 is 15.5 Å². The molecule has 0 radical (unpaired) electrons. The monoisotopic (exact) mass is 367 g/mol. The van der Waals surface area contributed by atoms with E-state index in [1.165, 1.54) is 0 Å². The van der Waals surface area contributed by atoms with E-state index < -0.39 is 0 Å². The van der Waals surface area contributed by atoms with Crippen LogP contribution in [-0.2, 0) is 6.54 Å². The summed E-state index contributed by atoms with van der Waals surface area (Å²) in [5.41, 5.74) is 0.889. The Morgan fingerprint density at radius 2 is 2.08 bits per heavy atom. The molecule has 6 heteroatoms. The molecule has 0 aromatic carbocycles. The summed E-state index contributed by atoms with van der Waals surface area (Å²) >= 11 is 6.64. The van der Waals surface area contributed by atoms with Gasteiger partial charge in [-0.05, 0) is 53.4 Å². The van der Waals surface area contributed by atoms with Crippen LogP contribution >= 0.6 is 11.6 Å². The van der Waals surface area contributed by atoms with Crippen LogP contribution in [0, 0.1) is 6.92 Å². The molecular formula is C19H34ClN5. The highest BCUT2D eigenvalue weighted by molar-refractivity contribution is 6.30. The summed E-state index contributed by atoms with van der Waals surface area (Å²) in [6, 6.07) is 0.460. The van der Waals surface area contributed by atoms with Crippen LogP contribution in [0.3, 0.4) is 0 Å². The maximum atomic E-state index is 6.64. The van der Waals surface area contributed by atoms with Gasteiger partial charge in [0.25, 0.3) is 0 Å². The van der Waals surface area contributed by atoms with E-state index in [9.17, 15) is 0 Å². The second-order valence-corrected chi connectivity index (χ2v) is 6.75. The number of hydrogen-bond donors (Lipinski definition) is 2. The van der Waals surface area contributed by atoms with Crippen molar-refractivity contribution < 1.29 is 0 Å². The van der Waals surface area contributed by atoms with E-state index in [1.807, 2.05) is 36.6 Å². The van der Waals surface area contributed by atoms with E-state index in [0.717, 1.165) is 43.3 Å². The van der Waals surface area contributed by atoms with Crippen molar-refractivity contribution in [3.63, 3.8) is 0 Å². The summed E-state index contributed by atoms with van der Waals surface area (Å²) < 4.78 is 1.99. The molecule has 0 spiro atoms. The first-order valence-corrected chi connectivity index (χ1v) is 9.52. The molecular weight excluding hydrogens is 334 g/mol. The lowest BCUT2D eigenvalue weighted by molar-refractivity contribution is 0.283. The Labute approximate surface area is 158 Å². The van der Waals surface area contributed by atoms with Crippen molar-refractivity contribution in [2.24, 2.45) is 0 Å². The lowest BCUT2D eigenvalue weighted by Crippen LogP contribution is -2.37. The number of imidazole rings is 1. The molecule has 1 aromatic rings. The van der Waals surface area contributed by atoms with Gasteiger partial charge in [-0.25, -0.2) is 4.98 Å². The molecule has 1 rings (SSSR count). The highest BCUT2D eigenvalue weighted by Crippen LogP contribution is 2.22. The Hall–Kier alpha value is -1.30. The van der Waals surface area contributed by atoms with E-state index in [1.54, 1.807) is 0 Å². The summed E-state index contributed by atoms with van der Waals surface area (Å²) in [5, 5.41) is 7.59. The third kappa shape index (κ3) is 6.49. The molecule has 0 aliphatic rings. The maximum absolute atomic E-state index is 6.64. The lowest BCUT2D eigenvalue weighted by atomic mass is 10.2. The zero-order chi connectivity index (χ0) is 18.8. The fourth-order valence-electron chi connectivity index (χ4n) is 2.65. The van der Waals surface area contributed by atoms with Crippen LogP contribution < -0.4 is 10.6 Å². The van der Waals surface area contributed by atoms with Gasteiger partial charge in [-0.3, -0.25) is 4.57 Å². The molecule has 0 fully saturated rings. The van der Waals surface area contributed by atoms with Crippen molar-refractivity contribution in [3.05, 3.63) is 34.9 Å². The quantitative estimate of drug-likeness (QED) is 0.463. The van der Waals surface area contributed by atoms with Gasteiger partial charge in [-0.2, -0.15) is 0 Å². The molecule has 1 atom stereocenters. The molecule has 0 aliphatic carbocycles. The number of aromatic nitrogens is 2. The minimum atomic E-state index is 0.460. The van der Waals surface area contributed by atoms with Gasteiger partial charge in [0.15, 0.2) is 0 Å². The third-order valence-corrected chi connectivity index (χ3v) is 4.57. The van der Waals surface area contributed by atoms with Crippen molar-refractivity contribution >= 4 is 17.4 Å². The zero-order valence-corrected chi connectivity index (χ0v) is 17.3. The van der Waals surface area contributed by atoms with Crippen molar-refractivity contribution in [2.75, 3.05) is 27.2 Å². The molecule has 2 N–H and O–H groups in total. The van der Waals surface area contributed by atoms with Gasteiger partial charge in [-0.1, -0.05) is 37.6 Å². The van der Waals surface area contributed by atoms with Gasteiger partial charge in [0, 0.05) is 19.1 Å². The fourth-order valence-corrected chi connectivity index (χ4v) is 2.98. The van der Waals surface area contributed by atoms with Gasteiger partial charge in [0.2, 0.25) is 0 Å². The first kappa shape index (κ1) is 21.7. The molecule has 1 aromatic heterocycles. The average Bonchev–Trinajstić information content (AvgIpc) is 2.85. The normalized spacial score (nSPS) is 13.8. The Bertz CT molecular complexity index is 575. The first-order valence-electron chi connectivity index (χ1n) is 9.14. The lowest BCUT2D eigenvalue weighted by Gasteiger charge is -2.25. The Morgan fingerprint density at radius 3 is 2.64 bits per heavy atom. The SMILES string of the molecule is C/C=C\C=C(\NCC(CC)N(C)C)n1c(C)nc(CNCCC)c1Cl. The van der Waals surface area contributed by atoms with Crippen molar-refractivity contribution in [1.82, 2.24) is 25.1 Å². The molecule has 0 saturated heterocycles. The van der Waals surface area contributed by atoms with Gasteiger partial charge in [0.05, 0.1) is 5.69 Å². The fraction of sp³-hybridized carbons (Fsp3) is 0.632. The summed E-state index contributed by atoms with van der Waals surface area (Å²) in [6.45, 7) is 10.8. The molecule has 0 bridgehead atoms. The first-order chi connectivity index (χ1) is 12.0. The molecule has 1 unspecified atom stereocenters. The van der Waals surface area contributed by atoms with E-state index in [2.05, 4.69) is 48.5 Å². The van der Waals surface area contributed by atoms with Crippen molar-refractivity contribution in [2.45, 2.75) is 53.1 Å². The standard InChI is InChI=1S/C19H34ClN5/c1-7-10-11-18(22-13-16(9-3)24(5)6)25-15(4)23-17(19(25)20)14-21-12-8-2/h7,10-11,16,21-22H,8-9,12-14H2,1-6H3/b10-7-,18-11-. The highest BCUT2D eigenvalue weighted by atomic mass is 35.5. The summed E-state index contributed by atoms with van der Waals surface area (Å²) in [4.78, 5) is 6.89. The largest absolute Gasteiger partial charge is 0.370 e. The van der Waals surface area contributed by atoms with Crippen molar-refractivity contribution in [3.8, 4) is 0 Å². The van der Waals surface area contributed by atoms with E-state index in [0.29, 0.717) is 17.7 Å². The zero-order valence-electron chi connectivity index (χ0n) is 16.6. The molecule has 142 valence electrons. The third-order valence-electron chi connectivity index (χ3n) is 4.18. The highest BCUT2D eigenvalue weighted by Gasteiger charge is 2.17. The number of nitrogens with one attached hydrogen (secondary N) is 2. The van der Waals surface area contributed by atoms with Gasteiger partial charge in [0.1, 0.15) is 16.8 Å². The van der Waals surface area contributed by atoms with Crippen LogP contribution in [0.1, 0.15) is 45.1 Å². The number of aryl methyl sites for hydroxylation is 1. The predicted molar refractivity (Wildman–Crippen MR) is 109 cm³/mol. The van der Waals surface area contributed by atoms with Gasteiger partial charge in [-0.15, -0.1) is 0 Å². The summed E-state index contributed by atoms with van der Waals surface area (Å²) in [5.74, 6) is 1.84. The second kappa shape index (κ2) is 11.3. The Morgan fingerprint density at radius 1 is 1.36 bits per heavy atom. The van der Waals surface area contributed by atoms with Gasteiger partial charge >= 0.3 is 0 Å². The topological polar surface area (TPSA) is 45.1 Å². The number of halogens is 1. The molecule has 25 heavy (non-hydrogen) atoms. The van der Waals surface area contributed by atoms with Crippen LogP contribution in [0.2, 0.25) is 5.15 Å². The number of rotatable bonds is 11. The van der Waals surface area contributed by atoms with E-state index >= 15 is 0 Å². The Balaban J connectivity index is 3.03. The molecule has 0 amide bonds. The summed E-state index contributed by atoms with van der Waals surface area (Å²) in [6.07, 6.45) is 8.25. The average molecular weight is 368 g/mol. The smallest absolute Gasteiger partial charge is 0.139 e. The van der Waals surface area contributed by atoms with Crippen LogP contribution in [0.15, 0.2) is 18.2 Å². The summed E-state index contributed by atoms with van der Waals surface area (Å²) in [7, 11) is 4.22. The molecule has 0 aliphatic heterocycles. The molecule has 0 saturated carbocycles. The molecule has 1 heterocycles. The second-order valence-electron chi connectivity index (χ2n) is 6.39. The van der Waals surface area contributed by atoms with Crippen LogP contribution in [0.25, 0.3) is 5.82 Å². The predicted octanol–water partition coefficient (Wildman–Crippen LogP) is 3.65. The minimum absolute atomic E-state index is 0.460. The number of hydrogen-bond acceptors (Lipinski definition) is 4.